The molecule has 0 radical (unpaired) electrons. The Labute approximate surface area is 127 Å². The van der Waals surface area contributed by atoms with Crippen molar-refractivity contribution < 1.29 is 8.42 Å². The van der Waals surface area contributed by atoms with E-state index in [4.69, 9.17) is 11.6 Å². The average Bonchev–Trinajstić information content (AvgIpc) is 2.42. The quantitative estimate of drug-likeness (QED) is 0.775. The van der Waals surface area contributed by atoms with E-state index >= 15 is 0 Å². The van der Waals surface area contributed by atoms with E-state index in [0.717, 1.165) is 18.4 Å². The highest BCUT2D eigenvalue weighted by Crippen LogP contribution is 2.23. The van der Waals surface area contributed by atoms with E-state index in [1.54, 1.807) is 12.1 Å². The summed E-state index contributed by atoms with van der Waals surface area (Å²) in [5, 5.41) is 3.24. The number of rotatable bonds is 8. The van der Waals surface area contributed by atoms with E-state index in [2.05, 4.69) is 23.9 Å². The molecule has 1 aromatic carbocycles. The molecular weight excluding hydrogens is 296 g/mol. The molecule has 0 aliphatic carbocycles. The first-order valence-electron chi connectivity index (χ1n) is 6.87. The topological polar surface area (TPSA) is 58.2 Å². The second kappa shape index (κ2) is 7.98. The zero-order chi connectivity index (χ0) is 15.2. The van der Waals surface area contributed by atoms with E-state index in [-0.39, 0.29) is 9.92 Å². The molecule has 1 rings (SSSR count). The van der Waals surface area contributed by atoms with Gasteiger partial charge in [-0.15, -0.1) is 0 Å². The minimum Gasteiger partial charge on any atom is -0.316 e. The van der Waals surface area contributed by atoms with Crippen LogP contribution in [0.15, 0.2) is 23.1 Å². The molecule has 0 saturated carbocycles. The molecule has 6 heteroatoms. The van der Waals surface area contributed by atoms with Gasteiger partial charge in [-0.25, -0.2) is 13.1 Å². The highest BCUT2D eigenvalue weighted by molar-refractivity contribution is 7.89. The third-order valence-corrected chi connectivity index (χ3v) is 5.29. The summed E-state index contributed by atoms with van der Waals surface area (Å²) in [4.78, 5) is 0.151. The molecule has 0 aliphatic heterocycles. The van der Waals surface area contributed by atoms with Gasteiger partial charge in [0, 0.05) is 13.1 Å². The highest BCUT2D eigenvalue weighted by atomic mass is 35.5. The zero-order valence-electron chi connectivity index (χ0n) is 12.2. The Morgan fingerprint density at radius 2 is 1.90 bits per heavy atom. The molecule has 0 fully saturated rings. The van der Waals surface area contributed by atoms with Crippen molar-refractivity contribution in [2.45, 2.75) is 38.1 Å². The third-order valence-electron chi connectivity index (χ3n) is 3.38. The average molecular weight is 319 g/mol. The van der Waals surface area contributed by atoms with Crippen molar-refractivity contribution in [3.05, 3.63) is 28.8 Å². The van der Waals surface area contributed by atoms with Gasteiger partial charge in [0.15, 0.2) is 0 Å². The summed E-state index contributed by atoms with van der Waals surface area (Å²) in [7, 11) is -1.74. The van der Waals surface area contributed by atoms with Crippen molar-refractivity contribution in [1.82, 2.24) is 10.0 Å². The van der Waals surface area contributed by atoms with E-state index in [0.29, 0.717) is 19.0 Å². The number of benzene rings is 1. The van der Waals surface area contributed by atoms with Crippen molar-refractivity contribution in [3.63, 3.8) is 0 Å². The number of halogens is 1. The fraction of sp³-hybridized carbons (Fsp3) is 0.571. The van der Waals surface area contributed by atoms with Crippen LogP contribution in [-0.2, 0) is 16.6 Å². The highest BCUT2D eigenvalue weighted by Gasteiger charge is 2.19. The van der Waals surface area contributed by atoms with Crippen molar-refractivity contribution in [3.8, 4) is 0 Å². The summed E-state index contributed by atoms with van der Waals surface area (Å²) in [6, 6.07) is 5.06. The van der Waals surface area contributed by atoms with Crippen LogP contribution < -0.4 is 10.0 Å². The van der Waals surface area contributed by atoms with Crippen LogP contribution >= 0.6 is 11.6 Å². The van der Waals surface area contributed by atoms with E-state index < -0.39 is 10.0 Å². The van der Waals surface area contributed by atoms with Gasteiger partial charge in [-0.2, -0.15) is 0 Å². The van der Waals surface area contributed by atoms with Gasteiger partial charge in [0.05, 0.1) is 5.02 Å². The summed E-state index contributed by atoms with van der Waals surface area (Å²) in [5.41, 5.74) is 0.889. The zero-order valence-corrected chi connectivity index (χ0v) is 13.8. The molecule has 1 aromatic rings. The number of nitrogens with one attached hydrogen (secondary N) is 2. The Bertz CT molecular complexity index is 528. The second-order valence-corrected chi connectivity index (χ2v) is 6.97. The predicted octanol–water partition coefficient (Wildman–Crippen LogP) is 2.77. The van der Waals surface area contributed by atoms with E-state index in [9.17, 15) is 8.42 Å². The minimum absolute atomic E-state index is 0.151. The maximum atomic E-state index is 12.3. The van der Waals surface area contributed by atoms with Crippen molar-refractivity contribution in [2.24, 2.45) is 5.92 Å². The first-order chi connectivity index (χ1) is 9.44. The molecule has 0 heterocycles. The Kier molecular flexibility index (Phi) is 6.95. The summed E-state index contributed by atoms with van der Waals surface area (Å²) >= 11 is 6.02. The molecule has 114 valence electrons. The normalized spacial score (nSPS) is 12.1. The summed E-state index contributed by atoms with van der Waals surface area (Å²) in [6.45, 7) is 5.17. The Hall–Kier alpha value is -0.620. The number of sulfonamides is 1. The molecule has 2 N–H and O–H groups in total. The molecule has 0 unspecified atom stereocenters. The van der Waals surface area contributed by atoms with Crippen molar-refractivity contribution in [2.75, 3.05) is 13.6 Å². The Balaban J connectivity index is 2.93. The molecule has 0 aromatic heterocycles. The van der Waals surface area contributed by atoms with E-state index in [1.165, 1.54) is 0 Å². The van der Waals surface area contributed by atoms with E-state index in [1.807, 2.05) is 13.1 Å². The van der Waals surface area contributed by atoms with Crippen LogP contribution in [0.25, 0.3) is 0 Å². The molecule has 0 atom stereocenters. The molecule has 0 spiro atoms. The minimum atomic E-state index is -3.56. The van der Waals surface area contributed by atoms with Gasteiger partial charge in [-0.05, 0) is 30.7 Å². The van der Waals surface area contributed by atoms with Crippen LogP contribution in [0.5, 0.6) is 0 Å². The summed E-state index contributed by atoms with van der Waals surface area (Å²) in [6.07, 6.45) is 1.90. The van der Waals surface area contributed by atoms with Gasteiger partial charge in [0.25, 0.3) is 0 Å². The van der Waals surface area contributed by atoms with Gasteiger partial charge in [-0.1, -0.05) is 44.4 Å². The van der Waals surface area contributed by atoms with Crippen LogP contribution in [0.2, 0.25) is 5.02 Å². The Morgan fingerprint density at radius 1 is 1.25 bits per heavy atom. The van der Waals surface area contributed by atoms with Crippen LogP contribution in [0, 0.1) is 5.92 Å². The van der Waals surface area contributed by atoms with Gasteiger partial charge in [-0.3, -0.25) is 0 Å². The predicted molar refractivity (Wildman–Crippen MR) is 83.5 cm³/mol. The maximum absolute atomic E-state index is 12.3. The van der Waals surface area contributed by atoms with Gasteiger partial charge >= 0.3 is 0 Å². The SMILES string of the molecule is CCC(CC)CNS(=O)(=O)c1cc(CNC)ccc1Cl. The smallest absolute Gasteiger partial charge is 0.242 e. The molecule has 4 nitrogen and oxygen atoms in total. The lowest BCUT2D eigenvalue weighted by molar-refractivity contribution is 0.479. The monoisotopic (exact) mass is 318 g/mol. The number of hydrogen-bond donors (Lipinski definition) is 2. The molecule has 0 aliphatic rings. The van der Waals surface area contributed by atoms with Gasteiger partial charge in [0.2, 0.25) is 10.0 Å². The first-order valence-corrected chi connectivity index (χ1v) is 8.73. The summed E-state index contributed by atoms with van der Waals surface area (Å²) < 4.78 is 27.3. The molecule has 20 heavy (non-hydrogen) atoms. The Morgan fingerprint density at radius 3 is 2.45 bits per heavy atom. The molecule has 0 bridgehead atoms. The molecular formula is C14H23ClN2O2S. The number of hydrogen-bond acceptors (Lipinski definition) is 3. The molecule has 0 saturated heterocycles. The van der Waals surface area contributed by atoms with Crippen molar-refractivity contribution >= 4 is 21.6 Å². The second-order valence-electron chi connectivity index (χ2n) is 4.83. The lowest BCUT2D eigenvalue weighted by Crippen LogP contribution is -2.29. The van der Waals surface area contributed by atoms with Crippen LogP contribution in [0.4, 0.5) is 0 Å². The van der Waals surface area contributed by atoms with Crippen LogP contribution in [0.1, 0.15) is 32.3 Å². The summed E-state index contributed by atoms with van der Waals surface area (Å²) in [5.74, 6) is 0.351. The maximum Gasteiger partial charge on any atom is 0.242 e. The lowest BCUT2D eigenvalue weighted by atomic mass is 10.0. The van der Waals surface area contributed by atoms with Gasteiger partial charge < -0.3 is 5.32 Å². The third kappa shape index (κ3) is 4.74. The fourth-order valence-corrected chi connectivity index (χ4v) is 3.61. The first kappa shape index (κ1) is 17.4. The lowest BCUT2D eigenvalue weighted by Gasteiger charge is -2.15. The van der Waals surface area contributed by atoms with Gasteiger partial charge in [0.1, 0.15) is 4.90 Å². The molecule has 0 amide bonds. The largest absolute Gasteiger partial charge is 0.316 e. The van der Waals surface area contributed by atoms with Crippen molar-refractivity contribution in [1.29, 1.82) is 0 Å². The van der Waals surface area contributed by atoms with Crippen LogP contribution in [0.3, 0.4) is 0 Å². The standard InChI is InChI=1S/C14H23ClN2O2S/c1-4-11(5-2)10-17-20(18,19)14-8-12(9-16-3)6-7-13(14)15/h6-8,11,16-17H,4-5,9-10H2,1-3H3. The fourth-order valence-electron chi connectivity index (χ4n) is 1.95. The van der Waals surface area contributed by atoms with Crippen LogP contribution in [-0.4, -0.2) is 22.0 Å².